The van der Waals surface area contributed by atoms with E-state index < -0.39 is 53.5 Å². The molecule has 0 aromatic rings. The molecule has 0 aromatic heterocycles. The van der Waals surface area contributed by atoms with E-state index in [2.05, 4.69) is 10.6 Å². The highest BCUT2D eigenvalue weighted by Crippen LogP contribution is 2.10. The van der Waals surface area contributed by atoms with Crippen LogP contribution in [0.4, 0.5) is 0 Å². The molecule has 0 bridgehead atoms. The Morgan fingerprint density at radius 2 is 1.56 bits per heavy atom. The predicted molar refractivity (Wildman–Crippen MR) is 91.8 cm³/mol. The second kappa shape index (κ2) is 12.6. The molecule has 0 aromatic carbocycles. The molecule has 2 atom stereocenters. The number of hydrogen-bond acceptors (Lipinski definition) is 8. The third kappa shape index (κ3) is 12.3. The van der Waals surface area contributed by atoms with Crippen molar-refractivity contribution in [3.63, 3.8) is 0 Å². The minimum absolute atomic E-state index is 0.185. The number of thioether (sulfide) groups is 1. The quantitative estimate of drug-likeness (QED) is 0.196. The van der Waals surface area contributed by atoms with Gasteiger partial charge >= 0.3 is 17.9 Å². The van der Waals surface area contributed by atoms with Crippen LogP contribution in [0, 0.1) is 0 Å². The number of rotatable bonds is 13. The summed E-state index contributed by atoms with van der Waals surface area (Å²) in [5.41, 5.74) is 5.27. The molecule has 0 heterocycles. The van der Waals surface area contributed by atoms with Gasteiger partial charge in [0.05, 0.1) is 6.42 Å². The smallest absolute Gasteiger partial charge is 0.322 e. The van der Waals surface area contributed by atoms with E-state index in [1.807, 2.05) is 0 Å². The van der Waals surface area contributed by atoms with Crippen molar-refractivity contribution in [2.45, 2.75) is 37.8 Å². The Morgan fingerprint density at radius 1 is 0.926 bits per heavy atom. The predicted octanol–water partition coefficient (Wildman–Crippen LogP) is -2.01. The highest BCUT2D eigenvalue weighted by molar-refractivity contribution is 8.13. The number of carboxylic acids is 3. The Labute approximate surface area is 157 Å². The van der Waals surface area contributed by atoms with Crippen LogP contribution in [-0.2, 0) is 28.8 Å². The van der Waals surface area contributed by atoms with Gasteiger partial charge in [-0.3, -0.25) is 28.8 Å². The second-order valence-corrected chi connectivity index (χ2v) is 6.37. The fourth-order valence-electron chi connectivity index (χ4n) is 1.60. The van der Waals surface area contributed by atoms with Crippen molar-refractivity contribution < 1.29 is 44.1 Å². The van der Waals surface area contributed by atoms with Gasteiger partial charge < -0.3 is 31.7 Å². The standard InChI is InChI=1S/C14H21N3O9S/c15-7(14(25)26)1-2-9(18)17-8(13(24)16-5-11(21)22)6-27-12(23)4-3-10(19)20/h7-8H,1-6,15H2,(H,16,24)(H,17,18)(H,19,20)(H,21,22)(H,25,26)/t7-,8-/m0/s1. The fraction of sp³-hybridized carbons (Fsp3) is 0.571. The summed E-state index contributed by atoms with van der Waals surface area (Å²) in [4.78, 5) is 67.0. The van der Waals surface area contributed by atoms with Crippen molar-refractivity contribution in [2.75, 3.05) is 12.3 Å². The summed E-state index contributed by atoms with van der Waals surface area (Å²) >= 11 is 0.616. The number of nitrogens with two attached hydrogens (primary N) is 1. The minimum atomic E-state index is -1.31. The average Bonchev–Trinajstić information content (AvgIpc) is 2.58. The van der Waals surface area contributed by atoms with E-state index in [4.69, 9.17) is 21.1 Å². The molecule has 0 saturated heterocycles. The summed E-state index contributed by atoms with van der Waals surface area (Å²) in [5, 5.41) is 29.6. The van der Waals surface area contributed by atoms with Gasteiger partial charge in [0.1, 0.15) is 18.6 Å². The van der Waals surface area contributed by atoms with Gasteiger partial charge in [0.2, 0.25) is 11.8 Å². The number of carbonyl (C=O) groups excluding carboxylic acids is 3. The van der Waals surface area contributed by atoms with Gasteiger partial charge in [-0.2, -0.15) is 0 Å². The first-order valence-corrected chi connectivity index (χ1v) is 8.66. The first kappa shape index (κ1) is 24.3. The fourth-order valence-corrected chi connectivity index (χ4v) is 2.44. The molecule has 152 valence electrons. The lowest BCUT2D eigenvalue weighted by atomic mass is 10.1. The van der Waals surface area contributed by atoms with Crippen LogP contribution in [0.1, 0.15) is 25.7 Å². The van der Waals surface area contributed by atoms with Gasteiger partial charge in [0.15, 0.2) is 5.12 Å². The molecular formula is C14H21N3O9S. The van der Waals surface area contributed by atoms with E-state index in [1.165, 1.54) is 0 Å². The zero-order valence-electron chi connectivity index (χ0n) is 14.2. The van der Waals surface area contributed by atoms with E-state index in [-0.39, 0.29) is 31.4 Å². The maximum Gasteiger partial charge on any atom is 0.322 e. The summed E-state index contributed by atoms with van der Waals surface area (Å²) in [6.45, 7) is -0.702. The van der Waals surface area contributed by atoms with E-state index in [0.29, 0.717) is 11.8 Å². The molecule has 0 aliphatic heterocycles. The topological polar surface area (TPSA) is 213 Å². The van der Waals surface area contributed by atoms with Crippen molar-refractivity contribution in [1.82, 2.24) is 10.6 Å². The lowest BCUT2D eigenvalue weighted by molar-refractivity contribution is -0.139. The molecule has 0 aliphatic carbocycles. The van der Waals surface area contributed by atoms with Gasteiger partial charge in [0, 0.05) is 18.6 Å². The van der Waals surface area contributed by atoms with Gasteiger partial charge in [-0.05, 0) is 6.42 Å². The third-order valence-electron chi connectivity index (χ3n) is 3.02. The van der Waals surface area contributed by atoms with E-state index in [1.54, 1.807) is 0 Å². The summed E-state index contributed by atoms with van der Waals surface area (Å²) in [5.74, 6) is -5.58. The van der Waals surface area contributed by atoms with Crippen molar-refractivity contribution in [1.29, 1.82) is 0 Å². The average molecular weight is 407 g/mol. The van der Waals surface area contributed by atoms with Crippen LogP contribution in [0.5, 0.6) is 0 Å². The Bertz CT molecular complexity index is 596. The number of hydrogen-bond donors (Lipinski definition) is 6. The van der Waals surface area contributed by atoms with Crippen molar-refractivity contribution in [3.8, 4) is 0 Å². The van der Waals surface area contributed by atoms with Crippen LogP contribution in [0.15, 0.2) is 0 Å². The molecule has 2 amide bonds. The zero-order valence-corrected chi connectivity index (χ0v) is 15.0. The van der Waals surface area contributed by atoms with Crippen LogP contribution in [0.3, 0.4) is 0 Å². The van der Waals surface area contributed by atoms with Gasteiger partial charge in [-0.1, -0.05) is 11.8 Å². The summed E-state index contributed by atoms with van der Waals surface area (Å²) in [7, 11) is 0. The van der Waals surface area contributed by atoms with Crippen molar-refractivity contribution in [3.05, 3.63) is 0 Å². The highest BCUT2D eigenvalue weighted by Gasteiger charge is 2.23. The van der Waals surface area contributed by atoms with Crippen molar-refractivity contribution in [2.24, 2.45) is 5.73 Å². The van der Waals surface area contributed by atoms with Gasteiger partial charge in [0.25, 0.3) is 0 Å². The number of amides is 2. The highest BCUT2D eigenvalue weighted by atomic mass is 32.2. The number of aliphatic carboxylic acids is 3. The van der Waals surface area contributed by atoms with Gasteiger partial charge in [-0.25, -0.2) is 0 Å². The first-order chi connectivity index (χ1) is 12.5. The molecule has 13 heteroatoms. The molecule has 0 unspecified atom stereocenters. The summed E-state index contributed by atoms with van der Waals surface area (Å²) in [6.07, 6.45) is -1.14. The molecule has 0 fully saturated rings. The molecule has 27 heavy (non-hydrogen) atoms. The van der Waals surface area contributed by atoms with Gasteiger partial charge in [-0.15, -0.1) is 0 Å². The van der Waals surface area contributed by atoms with E-state index in [0.717, 1.165) is 0 Å². The normalized spacial score (nSPS) is 12.5. The SMILES string of the molecule is N[C@@H](CCC(=O)N[C@@H](CSC(=O)CCC(=O)O)C(=O)NCC(=O)O)C(=O)O. The summed E-state index contributed by atoms with van der Waals surface area (Å²) < 4.78 is 0. The Kier molecular flexibility index (Phi) is 11.4. The van der Waals surface area contributed by atoms with E-state index in [9.17, 15) is 28.8 Å². The maximum absolute atomic E-state index is 12.0. The van der Waals surface area contributed by atoms with Crippen LogP contribution in [0.2, 0.25) is 0 Å². The van der Waals surface area contributed by atoms with Crippen LogP contribution < -0.4 is 16.4 Å². The molecule has 12 nitrogen and oxygen atoms in total. The molecule has 0 rings (SSSR count). The molecule has 0 radical (unpaired) electrons. The lowest BCUT2D eigenvalue weighted by Crippen LogP contribution is -2.49. The first-order valence-electron chi connectivity index (χ1n) is 7.67. The van der Waals surface area contributed by atoms with Crippen LogP contribution in [-0.4, -0.2) is 74.5 Å². The maximum atomic E-state index is 12.0. The molecule has 0 saturated carbocycles. The Hall–Kier alpha value is -2.67. The largest absolute Gasteiger partial charge is 0.481 e. The summed E-state index contributed by atoms with van der Waals surface area (Å²) in [6, 6.07) is -2.53. The number of carboxylic acid groups (broad SMARTS) is 3. The molecular weight excluding hydrogens is 386 g/mol. The number of nitrogens with one attached hydrogen (secondary N) is 2. The zero-order chi connectivity index (χ0) is 21.0. The third-order valence-corrected chi connectivity index (χ3v) is 4.05. The number of carbonyl (C=O) groups is 6. The molecule has 0 spiro atoms. The minimum Gasteiger partial charge on any atom is -0.481 e. The van der Waals surface area contributed by atoms with Crippen LogP contribution >= 0.6 is 11.8 Å². The second-order valence-electron chi connectivity index (χ2n) is 5.29. The Balaban J connectivity index is 4.72. The monoisotopic (exact) mass is 407 g/mol. The van der Waals surface area contributed by atoms with Crippen molar-refractivity contribution >= 4 is 46.6 Å². The molecule has 0 aliphatic rings. The lowest BCUT2D eigenvalue weighted by Gasteiger charge is -2.17. The molecule has 7 N–H and O–H groups in total. The van der Waals surface area contributed by atoms with Crippen LogP contribution in [0.25, 0.3) is 0 Å². The van der Waals surface area contributed by atoms with E-state index >= 15 is 0 Å². The Morgan fingerprint density at radius 3 is 2.07 bits per heavy atom.